The van der Waals surface area contributed by atoms with Gasteiger partial charge < -0.3 is 22.1 Å². The van der Waals surface area contributed by atoms with Crippen molar-refractivity contribution in [1.82, 2.24) is 14.3 Å². The van der Waals surface area contributed by atoms with Crippen molar-refractivity contribution in [3.63, 3.8) is 0 Å². The summed E-state index contributed by atoms with van der Waals surface area (Å²) < 4.78 is 4.46. The zero-order valence-electron chi connectivity index (χ0n) is 17.3. The summed E-state index contributed by atoms with van der Waals surface area (Å²) in [5.74, 6) is 0.158. The predicted molar refractivity (Wildman–Crippen MR) is 122 cm³/mol. The molecule has 0 bridgehead atoms. The van der Waals surface area contributed by atoms with Crippen LogP contribution in [-0.4, -0.2) is 32.3 Å². The van der Waals surface area contributed by atoms with Crippen molar-refractivity contribution >= 4 is 34.1 Å². The smallest absolute Gasteiger partial charge is 0.271 e. The van der Waals surface area contributed by atoms with Gasteiger partial charge in [0, 0.05) is 17.6 Å². The number of primary amides is 1. The van der Waals surface area contributed by atoms with E-state index in [1.165, 1.54) is 17.7 Å². The fourth-order valence-electron chi connectivity index (χ4n) is 3.20. The molecule has 0 saturated carbocycles. The number of rotatable bonds is 9. The van der Waals surface area contributed by atoms with Gasteiger partial charge in [-0.2, -0.15) is 4.37 Å². The van der Waals surface area contributed by atoms with Gasteiger partial charge in [0.2, 0.25) is 0 Å². The van der Waals surface area contributed by atoms with E-state index < -0.39 is 5.91 Å². The van der Waals surface area contributed by atoms with E-state index in [0.717, 1.165) is 34.7 Å². The first-order valence-electron chi connectivity index (χ1n) is 9.88. The summed E-state index contributed by atoms with van der Waals surface area (Å²) in [6.07, 6.45) is 3.38. The molecule has 2 unspecified atom stereocenters. The van der Waals surface area contributed by atoms with E-state index in [0.29, 0.717) is 5.82 Å². The largest absolute Gasteiger partial charge is 0.364 e. The SMILES string of the molecule is CCCC(Nc1cnc(C(N)=O)c(Nc2snc(C)c2-c2ccccc2)n1)C(C)N. The molecule has 0 fully saturated rings. The number of hydrogen-bond acceptors (Lipinski definition) is 8. The maximum atomic E-state index is 11.9. The monoisotopic (exact) mass is 425 g/mol. The van der Waals surface area contributed by atoms with E-state index in [1.54, 1.807) is 0 Å². The van der Waals surface area contributed by atoms with Crippen LogP contribution in [0.2, 0.25) is 0 Å². The molecule has 0 radical (unpaired) electrons. The number of amides is 1. The second-order valence-corrected chi connectivity index (χ2v) is 7.95. The first kappa shape index (κ1) is 21.7. The highest BCUT2D eigenvalue weighted by molar-refractivity contribution is 7.11. The molecule has 0 aliphatic heterocycles. The zero-order chi connectivity index (χ0) is 21.7. The maximum absolute atomic E-state index is 11.9. The molecule has 1 amide bonds. The van der Waals surface area contributed by atoms with Gasteiger partial charge in [-0.15, -0.1) is 0 Å². The van der Waals surface area contributed by atoms with Gasteiger partial charge in [0.05, 0.1) is 11.9 Å². The Morgan fingerprint density at radius 1 is 1.27 bits per heavy atom. The Balaban J connectivity index is 1.97. The van der Waals surface area contributed by atoms with Crippen LogP contribution in [0.3, 0.4) is 0 Å². The normalized spacial score (nSPS) is 12.9. The van der Waals surface area contributed by atoms with Crippen LogP contribution >= 0.6 is 11.5 Å². The highest BCUT2D eigenvalue weighted by Crippen LogP contribution is 2.36. The van der Waals surface area contributed by atoms with E-state index >= 15 is 0 Å². The zero-order valence-corrected chi connectivity index (χ0v) is 18.2. The predicted octanol–water partition coefficient (Wildman–Crippen LogP) is 3.68. The Hall–Kier alpha value is -3.04. The van der Waals surface area contributed by atoms with Crippen molar-refractivity contribution in [1.29, 1.82) is 0 Å². The molecule has 158 valence electrons. The number of benzene rings is 1. The quantitative estimate of drug-likeness (QED) is 0.411. The van der Waals surface area contributed by atoms with Crippen LogP contribution in [0, 0.1) is 6.92 Å². The van der Waals surface area contributed by atoms with Crippen LogP contribution in [0.1, 0.15) is 42.9 Å². The minimum absolute atomic E-state index is 0.0436. The Morgan fingerprint density at radius 2 is 2.00 bits per heavy atom. The summed E-state index contributed by atoms with van der Waals surface area (Å²) in [6.45, 7) is 5.99. The number of nitrogens with two attached hydrogens (primary N) is 2. The average Bonchev–Trinajstić information content (AvgIpc) is 3.08. The summed E-state index contributed by atoms with van der Waals surface area (Å²) in [7, 11) is 0. The molecule has 3 aromatic rings. The Morgan fingerprint density at radius 3 is 2.63 bits per heavy atom. The van der Waals surface area contributed by atoms with Crippen molar-refractivity contribution in [2.45, 2.75) is 45.7 Å². The Kier molecular flexibility index (Phi) is 6.96. The van der Waals surface area contributed by atoms with E-state index in [2.05, 4.69) is 31.9 Å². The van der Waals surface area contributed by atoms with Gasteiger partial charge >= 0.3 is 0 Å². The Labute approximate surface area is 180 Å². The number of carbonyl (C=O) groups excluding carboxylic acids is 1. The maximum Gasteiger partial charge on any atom is 0.271 e. The van der Waals surface area contributed by atoms with E-state index in [4.69, 9.17) is 11.5 Å². The molecule has 30 heavy (non-hydrogen) atoms. The average molecular weight is 426 g/mol. The highest BCUT2D eigenvalue weighted by atomic mass is 32.1. The van der Waals surface area contributed by atoms with Gasteiger partial charge in [-0.25, -0.2) is 9.97 Å². The number of hydrogen-bond donors (Lipinski definition) is 4. The lowest BCUT2D eigenvalue weighted by Gasteiger charge is -2.22. The van der Waals surface area contributed by atoms with E-state index in [9.17, 15) is 4.79 Å². The first-order chi connectivity index (χ1) is 14.4. The molecule has 2 heterocycles. The summed E-state index contributed by atoms with van der Waals surface area (Å²) in [6, 6.07) is 9.91. The fraction of sp³-hybridized carbons (Fsp3) is 0.333. The molecule has 1 aromatic carbocycles. The van der Waals surface area contributed by atoms with Gasteiger partial charge in [-0.05, 0) is 37.4 Å². The first-order valence-corrected chi connectivity index (χ1v) is 10.7. The lowest BCUT2D eigenvalue weighted by molar-refractivity contribution is 0.0996. The van der Waals surface area contributed by atoms with Crippen molar-refractivity contribution in [3.8, 4) is 11.1 Å². The molecule has 9 heteroatoms. The molecule has 3 rings (SSSR count). The molecule has 0 saturated heterocycles. The number of anilines is 3. The molecule has 0 aliphatic rings. The van der Waals surface area contributed by atoms with Crippen LogP contribution in [-0.2, 0) is 0 Å². The minimum Gasteiger partial charge on any atom is -0.364 e. The van der Waals surface area contributed by atoms with Gasteiger partial charge in [-0.3, -0.25) is 4.79 Å². The second kappa shape index (κ2) is 9.64. The van der Waals surface area contributed by atoms with Gasteiger partial charge in [-0.1, -0.05) is 43.7 Å². The van der Waals surface area contributed by atoms with Crippen LogP contribution in [0.5, 0.6) is 0 Å². The lowest BCUT2D eigenvalue weighted by Crippen LogP contribution is -2.38. The molecule has 8 nitrogen and oxygen atoms in total. The van der Waals surface area contributed by atoms with Gasteiger partial charge in [0.25, 0.3) is 5.91 Å². The second-order valence-electron chi connectivity index (χ2n) is 7.18. The number of nitrogens with one attached hydrogen (secondary N) is 2. The number of aromatic nitrogens is 3. The third-order valence-corrected chi connectivity index (χ3v) is 5.58. The molecule has 2 aromatic heterocycles. The van der Waals surface area contributed by atoms with Crippen LogP contribution in [0.4, 0.5) is 16.6 Å². The Bertz CT molecular complexity index is 1000. The molecule has 6 N–H and O–H groups in total. The molecule has 0 spiro atoms. The number of carbonyl (C=O) groups is 1. The summed E-state index contributed by atoms with van der Waals surface area (Å²) in [4.78, 5) is 20.8. The topological polar surface area (TPSA) is 132 Å². The van der Waals surface area contributed by atoms with Crippen LogP contribution in [0.25, 0.3) is 11.1 Å². The molecular weight excluding hydrogens is 398 g/mol. The van der Waals surface area contributed by atoms with E-state index in [-0.39, 0.29) is 23.6 Å². The van der Waals surface area contributed by atoms with Crippen molar-refractivity contribution in [2.24, 2.45) is 11.5 Å². The fourth-order valence-corrected chi connectivity index (χ4v) is 4.02. The number of aryl methyl sites for hydroxylation is 1. The molecule has 0 aliphatic carbocycles. The van der Waals surface area contributed by atoms with Crippen molar-refractivity contribution < 1.29 is 4.79 Å². The van der Waals surface area contributed by atoms with E-state index in [1.807, 2.05) is 44.2 Å². The van der Waals surface area contributed by atoms with Crippen LogP contribution in [0.15, 0.2) is 36.5 Å². The highest BCUT2D eigenvalue weighted by Gasteiger charge is 2.20. The van der Waals surface area contributed by atoms with Gasteiger partial charge in [0.1, 0.15) is 10.8 Å². The summed E-state index contributed by atoms with van der Waals surface area (Å²) in [5, 5.41) is 7.32. The lowest BCUT2D eigenvalue weighted by atomic mass is 10.1. The minimum atomic E-state index is -0.656. The summed E-state index contributed by atoms with van der Waals surface area (Å²) in [5.41, 5.74) is 14.6. The van der Waals surface area contributed by atoms with Crippen molar-refractivity contribution in [2.75, 3.05) is 10.6 Å². The van der Waals surface area contributed by atoms with Gasteiger partial charge in [0.15, 0.2) is 11.5 Å². The third kappa shape index (κ3) is 4.92. The molecular formula is C21H27N7OS. The third-order valence-electron chi connectivity index (χ3n) is 4.73. The number of nitrogens with zero attached hydrogens (tertiary/aromatic N) is 3. The summed E-state index contributed by atoms with van der Waals surface area (Å²) >= 11 is 1.30. The van der Waals surface area contributed by atoms with Crippen molar-refractivity contribution in [3.05, 3.63) is 47.9 Å². The van der Waals surface area contributed by atoms with Crippen LogP contribution < -0.4 is 22.1 Å². The molecule has 2 atom stereocenters. The standard InChI is InChI=1S/C21H27N7OS/c1-4-8-15(12(2)22)25-16-11-24-18(19(23)29)20(26-16)27-21-17(13(3)28-30-21)14-9-6-5-7-10-14/h5-7,9-12,15H,4,8,22H2,1-3H3,(H2,23,29)(H2,25,26,27).